The van der Waals surface area contributed by atoms with Gasteiger partial charge in [0.15, 0.2) is 0 Å². The molecule has 0 saturated carbocycles. The Morgan fingerprint density at radius 2 is 2.55 bits per heavy atom. The summed E-state index contributed by atoms with van der Waals surface area (Å²) in [6.45, 7) is 1.93. The van der Waals surface area contributed by atoms with Crippen LogP contribution in [0.25, 0.3) is 0 Å². The largest absolute Gasteiger partial charge is 0.481 e. The number of oxazole rings is 1. The second-order valence-corrected chi connectivity index (χ2v) is 2.16. The summed E-state index contributed by atoms with van der Waals surface area (Å²) in [5.74, 6) is -0.649. The van der Waals surface area contributed by atoms with E-state index in [1.807, 2.05) is 6.92 Å². The van der Waals surface area contributed by atoms with Crippen LogP contribution in [0.3, 0.4) is 0 Å². The average molecular weight is 155 g/mol. The molecule has 0 radical (unpaired) electrons. The minimum Gasteiger partial charge on any atom is -0.481 e. The van der Waals surface area contributed by atoms with Crippen molar-refractivity contribution in [1.29, 1.82) is 0 Å². The lowest BCUT2D eigenvalue weighted by Crippen LogP contribution is -2.00. The molecule has 4 heteroatoms. The van der Waals surface area contributed by atoms with Crippen LogP contribution in [0.2, 0.25) is 0 Å². The molecule has 4 nitrogen and oxygen atoms in total. The van der Waals surface area contributed by atoms with Crippen molar-refractivity contribution in [3.63, 3.8) is 0 Å². The van der Waals surface area contributed by atoms with Crippen molar-refractivity contribution in [2.24, 2.45) is 0 Å². The van der Waals surface area contributed by atoms with Gasteiger partial charge in [0, 0.05) is 0 Å². The van der Waals surface area contributed by atoms with E-state index < -0.39 is 5.97 Å². The van der Waals surface area contributed by atoms with Gasteiger partial charge in [-0.1, -0.05) is 6.92 Å². The van der Waals surface area contributed by atoms with Crippen LogP contribution >= 0.6 is 0 Å². The van der Waals surface area contributed by atoms with Crippen molar-refractivity contribution in [3.05, 3.63) is 17.8 Å². The Morgan fingerprint density at radius 1 is 1.82 bits per heavy atom. The quantitative estimate of drug-likeness (QED) is 0.703. The summed E-state index contributed by atoms with van der Waals surface area (Å²) in [6, 6.07) is 0. The van der Waals surface area contributed by atoms with Crippen LogP contribution in [-0.4, -0.2) is 16.1 Å². The molecule has 0 aliphatic carbocycles. The third kappa shape index (κ3) is 2.07. The Labute approximate surface area is 63.9 Å². The van der Waals surface area contributed by atoms with E-state index in [4.69, 9.17) is 9.52 Å². The molecule has 0 aromatic carbocycles. The Morgan fingerprint density at radius 3 is 3.00 bits per heavy atom. The van der Waals surface area contributed by atoms with E-state index in [1.165, 1.54) is 6.26 Å². The Bertz CT molecular complexity index is 254. The highest BCUT2D eigenvalue weighted by molar-refractivity contribution is 5.68. The standard InChI is InChI=1S/C7H9NO3/c1-2-5-4-11-6(8-5)3-7(9)10/h4H,2-3H2,1H3,(H,9,10). The maximum absolute atomic E-state index is 10.2. The Hall–Kier alpha value is -1.32. The maximum atomic E-state index is 10.2. The number of aromatic nitrogens is 1. The minimum atomic E-state index is -0.922. The summed E-state index contributed by atoms with van der Waals surface area (Å²) < 4.78 is 4.87. The molecule has 1 aromatic rings. The lowest BCUT2D eigenvalue weighted by atomic mass is 10.4. The Balaban J connectivity index is 2.65. The van der Waals surface area contributed by atoms with Gasteiger partial charge in [-0.2, -0.15) is 0 Å². The van der Waals surface area contributed by atoms with E-state index in [-0.39, 0.29) is 12.3 Å². The lowest BCUT2D eigenvalue weighted by molar-refractivity contribution is -0.136. The van der Waals surface area contributed by atoms with Crippen LogP contribution in [0.1, 0.15) is 18.5 Å². The predicted molar refractivity (Wildman–Crippen MR) is 37.2 cm³/mol. The van der Waals surface area contributed by atoms with Crippen LogP contribution in [-0.2, 0) is 17.6 Å². The molecule has 1 N–H and O–H groups in total. The zero-order valence-electron chi connectivity index (χ0n) is 6.20. The summed E-state index contributed by atoms with van der Waals surface area (Å²) in [7, 11) is 0. The molecule has 0 aliphatic rings. The third-order valence-electron chi connectivity index (χ3n) is 1.26. The van der Waals surface area contributed by atoms with Gasteiger partial charge in [-0.15, -0.1) is 0 Å². The summed E-state index contributed by atoms with van der Waals surface area (Å²) >= 11 is 0. The van der Waals surface area contributed by atoms with Crippen LogP contribution in [0.5, 0.6) is 0 Å². The average Bonchev–Trinajstić information content (AvgIpc) is 2.34. The predicted octanol–water partition coefficient (Wildman–Crippen LogP) is 0.864. The first-order valence-corrected chi connectivity index (χ1v) is 3.37. The molecular formula is C7H9NO3. The molecule has 0 atom stereocenters. The molecule has 1 heterocycles. The number of carbonyl (C=O) groups is 1. The summed E-state index contributed by atoms with van der Waals surface area (Å²) in [6.07, 6.45) is 2.11. The van der Waals surface area contributed by atoms with E-state index in [1.54, 1.807) is 0 Å². The third-order valence-corrected chi connectivity index (χ3v) is 1.26. The van der Waals surface area contributed by atoms with Crippen molar-refractivity contribution < 1.29 is 14.3 Å². The summed E-state index contributed by atoms with van der Waals surface area (Å²) in [4.78, 5) is 14.1. The fourth-order valence-corrected chi connectivity index (χ4v) is 0.722. The van der Waals surface area contributed by atoms with Gasteiger partial charge in [-0.3, -0.25) is 4.79 Å². The number of aryl methyl sites for hydroxylation is 1. The van der Waals surface area contributed by atoms with Crippen LogP contribution in [0, 0.1) is 0 Å². The second kappa shape index (κ2) is 3.18. The SMILES string of the molecule is CCc1coc(CC(=O)O)n1. The molecule has 0 amide bonds. The highest BCUT2D eigenvalue weighted by Gasteiger charge is 2.06. The molecule has 1 rings (SSSR count). The molecule has 0 saturated heterocycles. The van der Waals surface area contributed by atoms with Gasteiger partial charge >= 0.3 is 5.97 Å². The van der Waals surface area contributed by atoms with Gasteiger partial charge in [0.05, 0.1) is 5.69 Å². The van der Waals surface area contributed by atoms with Gasteiger partial charge in [0.2, 0.25) is 5.89 Å². The van der Waals surface area contributed by atoms with E-state index >= 15 is 0 Å². The number of aliphatic carboxylic acids is 1. The first kappa shape index (κ1) is 7.78. The Kier molecular flexibility index (Phi) is 2.25. The van der Waals surface area contributed by atoms with Crippen molar-refractivity contribution in [1.82, 2.24) is 4.98 Å². The minimum absolute atomic E-state index is 0.139. The molecule has 0 aliphatic heterocycles. The monoisotopic (exact) mass is 155 g/mol. The van der Waals surface area contributed by atoms with E-state index in [2.05, 4.69) is 4.98 Å². The molecule has 0 unspecified atom stereocenters. The highest BCUT2D eigenvalue weighted by atomic mass is 16.4. The number of carboxylic acids is 1. The van der Waals surface area contributed by atoms with Crippen LogP contribution < -0.4 is 0 Å². The van der Waals surface area contributed by atoms with Gasteiger partial charge in [-0.25, -0.2) is 4.98 Å². The first-order chi connectivity index (χ1) is 5.22. The maximum Gasteiger partial charge on any atom is 0.312 e. The number of carboxylic acid groups (broad SMARTS) is 1. The van der Waals surface area contributed by atoms with Crippen LogP contribution in [0.4, 0.5) is 0 Å². The molecule has 0 fully saturated rings. The van der Waals surface area contributed by atoms with E-state index in [0.717, 1.165) is 12.1 Å². The molecule has 0 bridgehead atoms. The van der Waals surface area contributed by atoms with E-state index in [0.29, 0.717) is 0 Å². The van der Waals surface area contributed by atoms with Crippen LogP contribution in [0.15, 0.2) is 10.7 Å². The number of hydrogen-bond acceptors (Lipinski definition) is 3. The normalized spacial score (nSPS) is 9.91. The molecule has 1 aromatic heterocycles. The van der Waals surface area contributed by atoms with Crippen molar-refractivity contribution >= 4 is 5.97 Å². The fraction of sp³-hybridized carbons (Fsp3) is 0.429. The van der Waals surface area contributed by atoms with Gasteiger partial charge in [0.1, 0.15) is 12.7 Å². The molecule has 0 spiro atoms. The van der Waals surface area contributed by atoms with Crippen molar-refractivity contribution in [2.75, 3.05) is 0 Å². The van der Waals surface area contributed by atoms with Gasteiger partial charge < -0.3 is 9.52 Å². The van der Waals surface area contributed by atoms with Gasteiger partial charge in [0.25, 0.3) is 0 Å². The number of nitrogens with zero attached hydrogens (tertiary/aromatic N) is 1. The number of hydrogen-bond donors (Lipinski definition) is 1. The fourth-order valence-electron chi connectivity index (χ4n) is 0.722. The summed E-state index contributed by atoms with van der Waals surface area (Å²) in [5, 5.41) is 8.35. The lowest BCUT2D eigenvalue weighted by Gasteiger charge is -1.84. The summed E-state index contributed by atoms with van der Waals surface area (Å²) in [5.41, 5.74) is 0.793. The number of rotatable bonds is 3. The van der Waals surface area contributed by atoms with Crippen molar-refractivity contribution in [2.45, 2.75) is 19.8 Å². The molecular weight excluding hydrogens is 146 g/mol. The molecule has 11 heavy (non-hydrogen) atoms. The second-order valence-electron chi connectivity index (χ2n) is 2.16. The highest BCUT2D eigenvalue weighted by Crippen LogP contribution is 2.02. The smallest absolute Gasteiger partial charge is 0.312 e. The zero-order chi connectivity index (χ0) is 8.27. The zero-order valence-corrected chi connectivity index (χ0v) is 6.20. The molecule has 60 valence electrons. The van der Waals surface area contributed by atoms with E-state index in [9.17, 15) is 4.79 Å². The first-order valence-electron chi connectivity index (χ1n) is 3.37. The van der Waals surface area contributed by atoms with Crippen molar-refractivity contribution in [3.8, 4) is 0 Å². The van der Waals surface area contributed by atoms with Gasteiger partial charge in [-0.05, 0) is 6.42 Å². The topological polar surface area (TPSA) is 63.3 Å².